The maximum absolute atomic E-state index is 12.5. The summed E-state index contributed by atoms with van der Waals surface area (Å²) in [5, 5.41) is 22.1. The van der Waals surface area contributed by atoms with Crippen LogP contribution in [0.3, 0.4) is 0 Å². The highest BCUT2D eigenvalue weighted by molar-refractivity contribution is 8.03. The molecule has 7 nitrogen and oxygen atoms in total. The summed E-state index contributed by atoms with van der Waals surface area (Å²) in [6.07, 6.45) is 0. The number of nitrogens with one attached hydrogen (secondary N) is 1. The smallest absolute Gasteiger partial charge is 0.316 e. The van der Waals surface area contributed by atoms with E-state index >= 15 is 0 Å². The lowest BCUT2D eigenvalue weighted by molar-refractivity contribution is -0.139. The van der Waals surface area contributed by atoms with Gasteiger partial charge in [0.25, 0.3) is 0 Å². The van der Waals surface area contributed by atoms with Crippen LogP contribution in [0.25, 0.3) is 0 Å². The van der Waals surface area contributed by atoms with Gasteiger partial charge in [-0.25, -0.2) is 0 Å². The van der Waals surface area contributed by atoms with Crippen molar-refractivity contribution in [1.29, 1.82) is 10.5 Å². The average Bonchev–Trinajstić information content (AvgIpc) is 2.66. The van der Waals surface area contributed by atoms with E-state index < -0.39 is 23.7 Å². The zero-order valence-corrected chi connectivity index (χ0v) is 15.8. The van der Waals surface area contributed by atoms with Crippen LogP contribution in [0.15, 0.2) is 34.9 Å². The van der Waals surface area contributed by atoms with Crippen molar-refractivity contribution in [2.75, 3.05) is 19.0 Å². The Labute approximate surface area is 161 Å². The minimum Gasteiger partial charge on any atom is -0.494 e. The van der Waals surface area contributed by atoms with Crippen LogP contribution in [-0.4, -0.2) is 30.8 Å². The fourth-order valence-corrected chi connectivity index (χ4v) is 3.62. The van der Waals surface area contributed by atoms with Crippen molar-refractivity contribution in [1.82, 2.24) is 5.32 Å². The summed E-state index contributed by atoms with van der Waals surface area (Å²) in [6, 6.07) is 11.1. The molecular weight excluding hydrogens is 366 g/mol. The molecule has 0 bridgehead atoms. The van der Waals surface area contributed by atoms with Crippen LogP contribution < -0.4 is 10.1 Å². The molecular formula is C19H19N3O4S. The molecule has 1 heterocycles. The lowest BCUT2D eigenvalue weighted by atomic mass is 9.79. The molecule has 140 valence electrons. The Morgan fingerprint density at radius 3 is 2.63 bits per heavy atom. The third-order valence-electron chi connectivity index (χ3n) is 3.86. The van der Waals surface area contributed by atoms with E-state index in [1.54, 1.807) is 31.2 Å². The molecule has 0 aliphatic carbocycles. The average molecular weight is 385 g/mol. The van der Waals surface area contributed by atoms with Gasteiger partial charge in [-0.2, -0.15) is 10.5 Å². The van der Waals surface area contributed by atoms with Crippen molar-refractivity contribution in [3.8, 4) is 17.9 Å². The Kier molecular flexibility index (Phi) is 7.27. The third-order valence-corrected chi connectivity index (χ3v) is 4.85. The number of ether oxygens (including phenoxy) is 2. The predicted octanol–water partition coefficient (Wildman–Crippen LogP) is 2.47. The second-order valence-corrected chi connectivity index (χ2v) is 6.48. The first-order valence-corrected chi connectivity index (χ1v) is 9.40. The summed E-state index contributed by atoms with van der Waals surface area (Å²) < 4.78 is 10.5. The van der Waals surface area contributed by atoms with Crippen LogP contribution in [0.5, 0.6) is 5.75 Å². The molecule has 1 aliphatic heterocycles. The summed E-state index contributed by atoms with van der Waals surface area (Å²) in [6.45, 7) is 4.18. The molecule has 2 rings (SSSR count). The van der Waals surface area contributed by atoms with E-state index in [4.69, 9.17) is 9.47 Å². The molecule has 1 aromatic carbocycles. The van der Waals surface area contributed by atoms with Gasteiger partial charge < -0.3 is 14.8 Å². The number of rotatable bonds is 7. The zero-order chi connectivity index (χ0) is 19.8. The molecule has 1 aliphatic rings. The first-order chi connectivity index (χ1) is 13.1. The van der Waals surface area contributed by atoms with Crippen molar-refractivity contribution in [2.24, 2.45) is 5.92 Å². The number of esters is 1. The van der Waals surface area contributed by atoms with Crippen molar-refractivity contribution in [2.45, 2.75) is 19.8 Å². The number of carbonyl (C=O) groups excluding carboxylic acids is 2. The molecule has 1 amide bonds. The first-order valence-electron chi connectivity index (χ1n) is 8.42. The molecule has 0 spiro atoms. The van der Waals surface area contributed by atoms with Crippen molar-refractivity contribution < 1.29 is 19.1 Å². The minimum atomic E-state index is -1.08. The highest BCUT2D eigenvalue weighted by Crippen LogP contribution is 2.42. The highest BCUT2D eigenvalue weighted by atomic mass is 32.2. The number of carbonyl (C=O) groups is 2. The van der Waals surface area contributed by atoms with E-state index in [0.29, 0.717) is 17.9 Å². The summed E-state index contributed by atoms with van der Waals surface area (Å²) in [7, 11) is 0. The number of hydrogen-bond donors (Lipinski definition) is 1. The van der Waals surface area contributed by atoms with Crippen LogP contribution in [0.2, 0.25) is 0 Å². The first kappa shape index (κ1) is 20.3. The summed E-state index contributed by atoms with van der Waals surface area (Å²) in [5.74, 6) is -2.35. The van der Waals surface area contributed by atoms with Gasteiger partial charge in [0.2, 0.25) is 5.91 Å². The standard InChI is InChI=1S/C19H19N3O4S/c1-3-25-15-8-6-5-7-12(15)17-13(9-20)18(24)22-19(14(17)10-21)27-11-16(23)26-4-2/h5-8,13,17H,3-4,11H2,1-2H3,(H,22,24)/t13-,17-/m1/s1. The van der Waals surface area contributed by atoms with Crippen LogP contribution in [0.4, 0.5) is 0 Å². The van der Waals surface area contributed by atoms with Crippen molar-refractivity contribution in [3.63, 3.8) is 0 Å². The monoisotopic (exact) mass is 385 g/mol. The number of amides is 1. The second kappa shape index (κ2) is 9.65. The fraction of sp³-hybridized carbons (Fsp3) is 0.368. The fourth-order valence-electron chi connectivity index (χ4n) is 2.78. The number of allylic oxidation sites excluding steroid dienone is 1. The lowest BCUT2D eigenvalue weighted by Gasteiger charge is -2.29. The largest absolute Gasteiger partial charge is 0.494 e. The molecule has 0 fully saturated rings. The Morgan fingerprint density at radius 2 is 2.00 bits per heavy atom. The lowest BCUT2D eigenvalue weighted by Crippen LogP contribution is -2.39. The minimum absolute atomic E-state index is 0.0499. The zero-order valence-electron chi connectivity index (χ0n) is 15.0. The van der Waals surface area contributed by atoms with E-state index in [2.05, 4.69) is 11.4 Å². The van der Waals surface area contributed by atoms with E-state index in [9.17, 15) is 20.1 Å². The van der Waals surface area contributed by atoms with Gasteiger partial charge in [0.05, 0.1) is 47.6 Å². The molecule has 2 atom stereocenters. The number of hydrogen-bond acceptors (Lipinski definition) is 7. The van der Waals surface area contributed by atoms with Gasteiger partial charge in [0.15, 0.2) is 0 Å². The summed E-state index contributed by atoms with van der Waals surface area (Å²) in [5.41, 5.74) is 0.814. The molecule has 0 saturated heterocycles. The van der Waals surface area contributed by atoms with Crippen LogP contribution in [0.1, 0.15) is 25.3 Å². The molecule has 0 radical (unpaired) electrons. The Hall–Kier alpha value is -2.97. The second-order valence-electron chi connectivity index (χ2n) is 5.49. The summed E-state index contributed by atoms with van der Waals surface area (Å²) in [4.78, 5) is 24.1. The van der Waals surface area contributed by atoms with E-state index in [1.165, 1.54) is 0 Å². The molecule has 1 N–H and O–H groups in total. The van der Waals surface area contributed by atoms with E-state index in [-0.39, 0.29) is 23.0 Å². The van der Waals surface area contributed by atoms with Crippen LogP contribution in [-0.2, 0) is 14.3 Å². The molecule has 0 aromatic heterocycles. The maximum atomic E-state index is 12.5. The quantitative estimate of drug-likeness (QED) is 0.717. The Balaban J connectivity index is 2.49. The molecule has 0 saturated carbocycles. The molecule has 0 unspecified atom stereocenters. The van der Waals surface area contributed by atoms with Gasteiger partial charge in [-0.1, -0.05) is 30.0 Å². The van der Waals surface area contributed by atoms with E-state index in [1.807, 2.05) is 13.0 Å². The number of benzene rings is 1. The Bertz CT molecular complexity index is 838. The predicted molar refractivity (Wildman–Crippen MR) is 99.3 cm³/mol. The number of nitrogens with zero attached hydrogens (tertiary/aromatic N) is 2. The highest BCUT2D eigenvalue weighted by Gasteiger charge is 2.40. The summed E-state index contributed by atoms with van der Waals surface area (Å²) >= 11 is 1.01. The van der Waals surface area contributed by atoms with Gasteiger partial charge in [-0.15, -0.1) is 0 Å². The maximum Gasteiger partial charge on any atom is 0.316 e. The molecule has 1 aromatic rings. The van der Waals surface area contributed by atoms with Gasteiger partial charge in [-0.05, 0) is 19.9 Å². The van der Waals surface area contributed by atoms with E-state index in [0.717, 1.165) is 11.8 Å². The van der Waals surface area contributed by atoms with Crippen molar-refractivity contribution in [3.05, 3.63) is 40.4 Å². The SMILES string of the molecule is CCOC(=O)CSC1=C(C#N)[C@H](c2ccccc2OCC)[C@@H](C#N)C(=O)N1. The molecule has 8 heteroatoms. The van der Waals surface area contributed by atoms with Gasteiger partial charge in [0.1, 0.15) is 11.7 Å². The van der Waals surface area contributed by atoms with Crippen molar-refractivity contribution >= 4 is 23.6 Å². The number of thioether (sulfide) groups is 1. The van der Waals surface area contributed by atoms with Gasteiger partial charge in [0, 0.05) is 5.56 Å². The molecule has 27 heavy (non-hydrogen) atoms. The van der Waals surface area contributed by atoms with Crippen LogP contribution >= 0.6 is 11.8 Å². The number of para-hydroxylation sites is 1. The number of nitriles is 2. The topological polar surface area (TPSA) is 112 Å². The Morgan fingerprint density at radius 1 is 1.26 bits per heavy atom. The van der Waals surface area contributed by atoms with Gasteiger partial charge >= 0.3 is 5.97 Å². The van der Waals surface area contributed by atoms with Gasteiger partial charge in [-0.3, -0.25) is 9.59 Å². The van der Waals surface area contributed by atoms with Crippen LogP contribution in [0, 0.1) is 28.6 Å². The normalized spacial score (nSPS) is 18.9. The third kappa shape index (κ3) is 4.60.